The molecule has 1 unspecified atom stereocenters. The summed E-state index contributed by atoms with van der Waals surface area (Å²) in [6.07, 6.45) is 2.44. The van der Waals surface area contributed by atoms with Crippen LogP contribution in [0.25, 0.3) is 0 Å². The lowest BCUT2D eigenvalue weighted by atomic mass is 9.92. The second-order valence-electron chi connectivity index (χ2n) is 5.89. The van der Waals surface area contributed by atoms with Crippen LogP contribution >= 0.6 is 23.2 Å². The predicted octanol–water partition coefficient (Wildman–Crippen LogP) is 3.43. The summed E-state index contributed by atoms with van der Waals surface area (Å²) in [5.41, 5.74) is 0.896. The number of rotatable bonds is 4. The topological polar surface area (TPSA) is 41.1 Å². The average molecular weight is 329 g/mol. The number of piperidine rings is 1. The van der Waals surface area contributed by atoms with Gasteiger partial charge in [-0.2, -0.15) is 0 Å². The maximum Gasteiger partial charge on any atom is 0.223 e. The minimum absolute atomic E-state index is 0.0140. The van der Waals surface area contributed by atoms with Gasteiger partial charge in [-0.1, -0.05) is 29.3 Å². The van der Waals surface area contributed by atoms with Gasteiger partial charge in [-0.3, -0.25) is 4.79 Å². The van der Waals surface area contributed by atoms with Gasteiger partial charge in [-0.15, -0.1) is 0 Å². The molecule has 1 aliphatic heterocycles. The van der Waals surface area contributed by atoms with E-state index in [2.05, 4.69) is 17.6 Å². The molecule has 116 valence electrons. The van der Waals surface area contributed by atoms with Gasteiger partial charge < -0.3 is 10.6 Å². The number of halogens is 2. The van der Waals surface area contributed by atoms with Crippen molar-refractivity contribution in [1.82, 2.24) is 10.6 Å². The lowest BCUT2D eigenvalue weighted by Gasteiger charge is -2.28. The van der Waals surface area contributed by atoms with Crippen LogP contribution in [-0.2, 0) is 11.2 Å². The highest BCUT2D eigenvalue weighted by Gasteiger charge is 2.25. The first-order chi connectivity index (χ1) is 9.97. The summed E-state index contributed by atoms with van der Waals surface area (Å²) >= 11 is 12.3. The highest BCUT2D eigenvalue weighted by atomic mass is 35.5. The molecular weight excluding hydrogens is 307 g/mol. The zero-order valence-electron chi connectivity index (χ0n) is 12.5. The third-order valence-electron chi connectivity index (χ3n) is 3.96. The summed E-state index contributed by atoms with van der Waals surface area (Å²) in [5, 5.41) is 7.75. The van der Waals surface area contributed by atoms with E-state index in [0.717, 1.165) is 24.9 Å². The maximum absolute atomic E-state index is 12.3. The highest BCUT2D eigenvalue weighted by Crippen LogP contribution is 2.25. The van der Waals surface area contributed by atoms with Crippen molar-refractivity contribution in [3.05, 3.63) is 33.8 Å². The lowest BCUT2D eigenvalue weighted by molar-refractivity contribution is -0.126. The van der Waals surface area contributed by atoms with E-state index in [-0.39, 0.29) is 17.9 Å². The van der Waals surface area contributed by atoms with Gasteiger partial charge in [0.05, 0.1) is 0 Å². The van der Waals surface area contributed by atoms with Crippen LogP contribution in [0.5, 0.6) is 0 Å². The number of nitrogens with one attached hydrogen (secondary N) is 2. The molecule has 2 N–H and O–H groups in total. The zero-order chi connectivity index (χ0) is 15.4. The summed E-state index contributed by atoms with van der Waals surface area (Å²) in [6, 6.07) is 5.90. The lowest BCUT2D eigenvalue weighted by Crippen LogP contribution is -2.45. The number of carbonyl (C=O) groups is 1. The van der Waals surface area contributed by atoms with Gasteiger partial charge in [0, 0.05) is 28.0 Å². The van der Waals surface area contributed by atoms with Crippen molar-refractivity contribution < 1.29 is 4.79 Å². The summed E-state index contributed by atoms with van der Waals surface area (Å²) in [7, 11) is 0. The monoisotopic (exact) mass is 328 g/mol. The molecule has 0 aliphatic carbocycles. The van der Waals surface area contributed by atoms with E-state index in [9.17, 15) is 4.79 Å². The fourth-order valence-corrected chi connectivity index (χ4v) is 3.37. The summed E-state index contributed by atoms with van der Waals surface area (Å²) in [6.45, 7) is 5.01. The molecule has 21 heavy (non-hydrogen) atoms. The molecule has 5 heteroatoms. The smallest absolute Gasteiger partial charge is 0.223 e. The normalized spacial score (nSPS) is 23.6. The van der Waals surface area contributed by atoms with Gasteiger partial charge in [-0.05, 0) is 57.4 Å². The SMILES string of the molecule is CC(Cc1c(Cl)cccc1Cl)NC(=O)[C@H]1CCN[C@@H](C)C1. The minimum Gasteiger partial charge on any atom is -0.353 e. The first-order valence-corrected chi connectivity index (χ1v) is 8.19. The molecule has 1 saturated heterocycles. The third-order valence-corrected chi connectivity index (χ3v) is 4.66. The van der Waals surface area contributed by atoms with Crippen LogP contribution in [0.2, 0.25) is 10.0 Å². The Morgan fingerprint density at radius 2 is 2.10 bits per heavy atom. The quantitative estimate of drug-likeness (QED) is 0.889. The van der Waals surface area contributed by atoms with E-state index < -0.39 is 0 Å². The van der Waals surface area contributed by atoms with E-state index in [0.29, 0.717) is 22.5 Å². The molecule has 1 aromatic carbocycles. The Balaban J connectivity index is 1.92. The molecule has 3 atom stereocenters. The van der Waals surface area contributed by atoms with Crippen LogP contribution in [0.3, 0.4) is 0 Å². The van der Waals surface area contributed by atoms with Crippen LogP contribution in [0.15, 0.2) is 18.2 Å². The minimum atomic E-state index is 0.0140. The Morgan fingerprint density at radius 1 is 1.43 bits per heavy atom. The Bertz CT molecular complexity index is 487. The maximum atomic E-state index is 12.3. The van der Waals surface area contributed by atoms with Crippen molar-refractivity contribution in [3.8, 4) is 0 Å². The molecule has 0 radical (unpaired) electrons. The number of benzene rings is 1. The molecule has 1 heterocycles. The molecule has 0 saturated carbocycles. The number of hydrogen-bond acceptors (Lipinski definition) is 2. The summed E-state index contributed by atoms with van der Waals surface area (Å²) in [5.74, 6) is 0.240. The van der Waals surface area contributed by atoms with Crippen molar-refractivity contribution in [2.75, 3.05) is 6.54 Å². The first-order valence-electron chi connectivity index (χ1n) is 7.44. The van der Waals surface area contributed by atoms with Crippen molar-refractivity contribution >= 4 is 29.1 Å². The van der Waals surface area contributed by atoms with Gasteiger partial charge in [0.2, 0.25) is 5.91 Å². The molecule has 2 rings (SSSR count). The first kappa shape index (κ1) is 16.6. The van der Waals surface area contributed by atoms with Crippen molar-refractivity contribution in [2.24, 2.45) is 5.92 Å². The van der Waals surface area contributed by atoms with Gasteiger partial charge >= 0.3 is 0 Å². The predicted molar refractivity (Wildman–Crippen MR) is 88.0 cm³/mol. The molecule has 1 aliphatic rings. The fourth-order valence-electron chi connectivity index (χ4n) is 2.82. The average Bonchev–Trinajstić information content (AvgIpc) is 2.43. The highest BCUT2D eigenvalue weighted by molar-refractivity contribution is 6.36. The molecule has 0 bridgehead atoms. The Labute approximate surface area is 136 Å². The van der Waals surface area contributed by atoms with Crippen molar-refractivity contribution in [2.45, 2.75) is 45.2 Å². The zero-order valence-corrected chi connectivity index (χ0v) is 14.0. The van der Waals surface area contributed by atoms with Gasteiger partial charge in [0.15, 0.2) is 0 Å². The van der Waals surface area contributed by atoms with E-state index in [1.54, 1.807) is 0 Å². The van der Waals surface area contributed by atoms with Crippen molar-refractivity contribution in [1.29, 1.82) is 0 Å². The van der Waals surface area contributed by atoms with Crippen LogP contribution in [0.4, 0.5) is 0 Å². The van der Waals surface area contributed by atoms with E-state index in [4.69, 9.17) is 23.2 Å². The van der Waals surface area contributed by atoms with Crippen LogP contribution in [0.1, 0.15) is 32.3 Å². The molecule has 1 amide bonds. The Morgan fingerprint density at radius 3 is 2.71 bits per heavy atom. The van der Waals surface area contributed by atoms with E-state index in [1.165, 1.54) is 0 Å². The molecule has 1 aromatic rings. The number of carbonyl (C=O) groups excluding carboxylic acids is 1. The largest absolute Gasteiger partial charge is 0.353 e. The van der Waals surface area contributed by atoms with Gasteiger partial charge in [0.25, 0.3) is 0 Å². The van der Waals surface area contributed by atoms with E-state index in [1.807, 2.05) is 25.1 Å². The summed E-state index contributed by atoms with van der Waals surface area (Å²) in [4.78, 5) is 12.3. The van der Waals surface area contributed by atoms with Crippen LogP contribution < -0.4 is 10.6 Å². The van der Waals surface area contributed by atoms with Crippen LogP contribution in [0, 0.1) is 5.92 Å². The Kier molecular flexibility index (Phi) is 5.91. The fraction of sp³-hybridized carbons (Fsp3) is 0.562. The molecular formula is C16H22Cl2N2O. The van der Waals surface area contributed by atoms with Gasteiger partial charge in [0.1, 0.15) is 0 Å². The number of amides is 1. The second-order valence-corrected chi connectivity index (χ2v) is 6.70. The number of hydrogen-bond donors (Lipinski definition) is 2. The van der Waals surface area contributed by atoms with Crippen LogP contribution in [-0.4, -0.2) is 24.5 Å². The summed E-state index contributed by atoms with van der Waals surface area (Å²) < 4.78 is 0. The van der Waals surface area contributed by atoms with Crippen molar-refractivity contribution in [3.63, 3.8) is 0 Å². The molecule has 1 fully saturated rings. The third kappa shape index (κ3) is 4.60. The Hall–Kier alpha value is -0.770. The van der Waals surface area contributed by atoms with Gasteiger partial charge in [-0.25, -0.2) is 0 Å². The van der Waals surface area contributed by atoms with E-state index >= 15 is 0 Å². The molecule has 3 nitrogen and oxygen atoms in total. The molecule has 0 aromatic heterocycles. The molecule has 0 spiro atoms. The standard InChI is InChI=1S/C16H22Cl2N2O/c1-10-8-12(6-7-19-10)16(21)20-11(2)9-13-14(17)4-3-5-15(13)18/h3-5,10-12,19H,6-9H2,1-2H3,(H,20,21)/t10-,11?,12-/m0/s1. The second kappa shape index (κ2) is 7.48.